The monoisotopic (exact) mass is 271 g/mol. The van der Waals surface area contributed by atoms with Crippen LogP contribution in [-0.4, -0.2) is 30.3 Å². The van der Waals surface area contributed by atoms with Crippen molar-refractivity contribution in [3.63, 3.8) is 0 Å². The number of alkyl halides is 1. The van der Waals surface area contributed by atoms with Crippen LogP contribution in [0.1, 0.15) is 10.4 Å². The van der Waals surface area contributed by atoms with Crippen molar-refractivity contribution in [1.82, 2.24) is 4.90 Å². The predicted molar refractivity (Wildman–Crippen MR) is 62.0 cm³/mol. The number of amides is 1. The molecule has 0 aliphatic carbocycles. The Labute approximate surface area is 101 Å². The number of thiophene rings is 1. The van der Waals surface area contributed by atoms with Crippen molar-refractivity contribution >= 4 is 52.0 Å². The highest BCUT2D eigenvalue weighted by Crippen LogP contribution is 2.31. The average molecular weight is 273 g/mol. The van der Waals surface area contributed by atoms with Gasteiger partial charge >= 0.3 is 0 Å². The molecule has 78 valence electrons. The van der Waals surface area contributed by atoms with Gasteiger partial charge in [-0.05, 0) is 6.07 Å². The van der Waals surface area contributed by atoms with Crippen LogP contribution in [-0.2, 0) is 0 Å². The molecule has 0 fully saturated rings. The maximum Gasteiger partial charge on any atom is 0.256 e. The molecule has 0 aliphatic rings. The Hall–Kier alpha value is 0.0400. The molecular weight excluding hydrogens is 265 g/mol. The molecule has 6 heteroatoms. The SMILES string of the molecule is CN(CCCl)C(=O)c1cc(Cl)sc1Cl. The fourth-order valence-electron chi connectivity index (χ4n) is 0.920. The molecule has 0 bridgehead atoms. The minimum atomic E-state index is -0.154. The molecule has 1 rings (SSSR count). The molecule has 14 heavy (non-hydrogen) atoms. The van der Waals surface area contributed by atoms with Gasteiger partial charge in [-0.1, -0.05) is 23.2 Å². The summed E-state index contributed by atoms with van der Waals surface area (Å²) in [5.74, 6) is 0.247. The van der Waals surface area contributed by atoms with Crippen LogP contribution in [0.25, 0.3) is 0 Å². The van der Waals surface area contributed by atoms with E-state index in [9.17, 15) is 4.79 Å². The zero-order chi connectivity index (χ0) is 10.7. The molecule has 1 amide bonds. The Morgan fingerprint density at radius 1 is 1.57 bits per heavy atom. The highest BCUT2D eigenvalue weighted by molar-refractivity contribution is 7.20. The normalized spacial score (nSPS) is 10.3. The number of carbonyl (C=O) groups is 1. The summed E-state index contributed by atoms with van der Waals surface area (Å²) in [7, 11) is 1.67. The van der Waals surface area contributed by atoms with Crippen molar-refractivity contribution < 1.29 is 4.79 Å². The highest BCUT2D eigenvalue weighted by Gasteiger charge is 2.17. The maximum absolute atomic E-state index is 11.7. The van der Waals surface area contributed by atoms with Gasteiger partial charge < -0.3 is 4.90 Å². The molecule has 0 N–H and O–H groups in total. The second kappa shape index (κ2) is 5.21. The summed E-state index contributed by atoms with van der Waals surface area (Å²) in [4.78, 5) is 13.2. The molecule has 0 atom stereocenters. The lowest BCUT2D eigenvalue weighted by Crippen LogP contribution is -2.28. The van der Waals surface area contributed by atoms with E-state index in [0.717, 1.165) is 0 Å². The van der Waals surface area contributed by atoms with E-state index in [2.05, 4.69) is 0 Å². The number of nitrogens with zero attached hydrogens (tertiary/aromatic N) is 1. The lowest BCUT2D eigenvalue weighted by molar-refractivity contribution is 0.0804. The molecule has 0 saturated heterocycles. The second-order valence-electron chi connectivity index (χ2n) is 2.65. The van der Waals surface area contributed by atoms with E-state index in [4.69, 9.17) is 34.8 Å². The van der Waals surface area contributed by atoms with Crippen molar-refractivity contribution in [2.24, 2.45) is 0 Å². The lowest BCUT2D eigenvalue weighted by atomic mass is 10.3. The van der Waals surface area contributed by atoms with Crippen molar-refractivity contribution in [2.75, 3.05) is 19.5 Å². The summed E-state index contributed by atoms with van der Waals surface area (Å²) >= 11 is 18.3. The summed E-state index contributed by atoms with van der Waals surface area (Å²) in [6.45, 7) is 0.490. The van der Waals surface area contributed by atoms with Gasteiger partial charge in [0.2, 0.25) is 0 Å². The van der Waals surface area contributed by atoms with Crippen LogP contribution >= 0.6 is 46.1 Å². The summed E-state index contributed by atoms with van der Waals surface area (Å²) in [6.07, 6.45) is 0. The van der Waals surface area contributed by atoms with Crippen LogP contribution in [0.15, 0.2) is 6.07 Å². The van der Waals surface area contributed by atoms with Crippen molar-refractivity contribution in [3.8, 4) is 0 Å². The first-order valence-electron chi connectivity index (χ1n) is 3.82. The zero-order valence-corrected chi connectivity index (χ0v) is 10.5. The van der Waals surface area contributed by atoms with Gasteiger partial charge in [0.15, 0.2) is 0 Å². The van der Waals surface area contributed by atoms with E-state index in [1.165, 1.54) is 16.2 Å². The molecule has 1 heterocycles. The molecule has 0 aliphatic heterocycles. The first kappa shape index (κ1) is 12.1. The molecule has 0 aromatic carbocycles. The minimum absolute atomic E-state index is 0.154. The Morgan fingerprint density at radius 2 is 2.21 bits per heavy atom. The number of rotatable bonds is 3. The van der Waals surface area contributed by atoms with Crippen LogP contribution in [0.2, 0.25) is 8.67 Å². The van der Waals surface area contributed by atoms with Crippen LogP contribution in [0.5, 0.6) is 0 Å². The van der Waals surface area contributed by atoms with Crippen molar-refractivity contribution in [3.05, 3.63) is 20.3 Å². The number of hydrogen-bond acceptors (Lipinski definition) is 2. The third kappa shape index (κ3) is 2.76. The summed E-state index contributed by atoms with van der Waals surface area (Å²) in [5, 5.41) is 0. The van der Waals surface area contributed by atoms with Gasteiger partial charge in [-0.15, -0.1) is 22.9 Å². The molecule has 1 aromatic heterocycles. The van der Waals surface area contributed by atoms with Gasteiger partial charge in [-0.2, -0.15) is 0 Å². The van der Waals surface area contributed by atoms with Crippen LogP contribution in [0, 0.1) is 0 Å². The highest BCUT2D eigenvalue weighted by atomic mass is 35.5. The maximum atomic E-state index is 11.7. The van der Waals surface area contributed by atoms with E-state index >= 15 is 0 Å². The molecule has 1 aromatic rings. The topological polar surface area (TPSA) is 20.3 Å². The average Bonchev–Trinajstić information content (AvgIpc) is 2.44. The predicted octanol–water partition coefficient (Wildman–Crippen LogP) is 3.37. The minimum Gasteiger partial charge on any atom is -0.340 e. The fraction of sp³-hybridized carbons (Fsp3) is 0.375. The Morgan fingerprint density at radius 3 is 2.64 bits per heavy atom. The van der Waals surface area contributed by atoms with Gasteiger partial charge in [0.1, 0.15) is 4.34 Å². The summed E-state index contributed by atoms with van der Waals surface area (Å²) in [5.41, 5.74) is 0.439. The summed E-state index contributed by atoms with van der Waals surface area (Å²) < 4.78 is 0.930. The van der Waals surface area contributed by atoms with E-state index < -0.39 is 0 Å². The quantitative estimate of drug-likeness (QED) is 0.773. The standard InChI is InChI=1S/C8H8Cl3NOS/c1-12(3-2-9)8(13)5-4-6(10)14-7(5)11/h4H,2-3H2,1H3. The molecule has 0 saturated carbocycles. The van der Waals surface area contributed by atoms with Gasteiger partial charge in [-0.25, -0.2) is 0 Å². The second-order valence-corrected chi connectivity index (χ2v) is 5.32. The molecule has 0 unspecified atom stereocenters. The van der Waals surface area contributed by atoms with Crippen LogP contribution in [0.4, 0.5) is 0 Å². The number of carbonyl (C=O) groups excluding carboxylic acids is 1. The summed E-state index contributed by atoms with van der Waals surface area (Å²) in [6, 6.07) is 1.57. The van der Waals surface area contributed by atoms with Gasteiger partial charge in [-0.3, -0.25) is 4.79 Å². The van der Waals surface area contributed by atoms with E-state index in [1.807, 2.05) is 0 Å². The molecule has 0 spiro atoms. The van der Waals surface area contributed by atoms with Gasteiger partial charge in [0.05, 0.1) is 9.90 Å². The Balaban J connectivity index is 2.83. The van der Waals surface area contributed by atoms with E-state index in [1.54, 1.807) is 13.1 Å². The first-order valence-corrected chi connectivity index (χ1v) is 5.93. The number of hydrogen-bond donors (Lipinski definition) is 0. The molecule has 0 radical (unpaired) electrons. The Kier molecular flexibility index (Phi) is 4.51. The van der Waals surface area contributed by atoms with Crippen molar-refractivity contribution in [2.45, 2.75) is 0 Å². The van der Waals surface area contributed by atoms with Gasteiger partial charge in [0, 0.05) is 19.5 Å². The zero-order valence-electron chi connectivity index (χ0n) is 7.39. The molecule has 2 nitrogen and oxygen atoms in total. The third-order valence-electron chi connectivity index (χ3n) is 1.65. The first-order chi connectivity index (χ1) is 6.56. The Bertz CT molecular complexity index is 339. The largest absolute Gasteiger partial charge is 0.340 e. The van der Waals surface area contributed by atoms with Crippen LogP contribution < -0.4 is 0 Å². The van der Waals surface area contributed by atoms with Crippen LogP contribution in [0.3, 0.4) is 0 Å². The third-order valence-corrected chi connectivity index (χ3v) is 3.31. The van der Waals surface area contributed by atoms with E-state index in [0.29, 0.717) is 26.7 Å². The lowest BCUT2D eigenvalue weighted by Gasteiger charge is -2.14. The van der Waals surface area contributed by atoms with E-state index in [-0.39, 0.29) is 5.91 Å². The van der Waals surface area contributed by atoms with Crippen molar-refractivity contribution in [1.29, 1.82) is 0 Å². The fourth-order valence-corrected chi connectivity index (χ4v) is 2.62. The van der Waals surface area contributed by atoms with Gasteiger partial charge in [0.25, 0.3) is 5.91 Å². The molecular formula is C8H8Cl3NOS. The number of halogens is 3. The smallest absolute Gasteiger partial charge is 0.256 e.